The Hall–Kier alpha value is -1.20. The van der Waals surface area contributed by atoms with E-state index in [2.05, 4.69) is 32.8 Å². The van der Waals surface area contributed by atoms with Crippen molar-refractivity contribution in [3.8, 4) is 0 Å². The molecule has 0 atom stereocenters. The molecule has 19 heavy (non-hydrogen) atoms. The van der Waals surface area contributed by atoms with Gasteiger partial charge in [-0.1, -0.05) is 6.92 Å². The summed E-state index contributed by atoms with van der Waals surface area (Å²) in [6, 6.07) is 2.13. The lowest BCUT2D eigenvalue weighted by Crippen LogP contribution is -2.47. The van der Waals surface area contributed by atoms with Crippen LogP contribution in [0.4, 0.5) is 5.82 Å². The molecule has 5 nitrogen and oxygen atoms in total. The summed E-state index contributed by atoms with van der Waals surface area (Å²) in [6.45, 7) is 10.3. The molecule has 0 saturated carbocycles. The van der Waals surface area contributed by atoms with E-state index < -0.39 is 0 Å². The van der Waals surface area contributed by atoms with Crippen LogP contribution in [-0.2, 0) is 6.42 Å². The average molecular weight is 263 g/mol. The summed E-state index contributed by atoms with van der Waals surface area (Å²) in [4.78, 5) is 13.9. The maximum absolute atomic E-state index is 5.56. The molecule has 0 amide bonds. The summed E-state index contributed by atoms with van der Waals surface area (Å²) in [5, 5.41) is 0. The number of hydrogen-bond donors (Lipinski definition) is 1. The molecule has 1 aliphatic heterocycles. The molecule has 1 aromatic rings. The van der Waals surface area contributed by atoms with Gasteiger partial charge in [-0.2, -0.15) is 0 Å². The highest BCUT2D eigenvalue weighted by Crippen LogP contribution is 2.15. The van der Waals surface area contributed by atoms with Gasteiger partial charge in [0.15, 0.2) is 0 Å². The van der Waals surface area contributed by atoms with E-state index in [0.717, 1.165) is 69.4 Å². The second-order valence-electron chi connectivity index (χ2n) is 5.09. The van der Waals surface area contributed by atoms with Gasteiger partial charge in [-0.25, -0.2) is 9.97 Å². The van der Waals surface area contributed by atoms with Crippen LogP contribution in [0.3, 0.4) is 0 Å². The van der Waals surface area contributed by atoms with Crippen LogP contribution in [0.2, 0.25) is 0 Å². The Morgan fingerprint density at radius 2 is 1.95 bits per heavy atom. The number of aromatic nitrogens is 2. The van der Waals surface area contributed by atoms with Crippen LogP contribution in [0.5, 0.6) is 0 Å². The summed E-state index contributed by atoms with van der Waals surface area (Å²) in [5.74, 6) is 1.96. The number of anilines is 1. The van der Waals surface area contributed by atoms with Gasteiger partial charge < -0.3 is 10.6 Å². The number of rotatable bonds is 5. The Morgan fingerprint density at radius 3 is 2.58 bits per heavy atom. The van der Waals surface area contributed by atoms with E-state index in [1.54, 1.807) is 0 Å². The molecule has 1 aromatic heterocycles. The van der Waals surface area contributed by atoms with Gasteiger partial charge in [-0.05, 0) is 32.9 Å². The van der Waals surface area contributed by atoms with Gasteiger partial charge in [0.25, 0.3) is 0 Å². The number of aryl methyl sites for hydroxylation is 2. The highest BCUT2D eigenvalue weighted by molar-refractivity contribution is 5.40. The maximum atomic E-state index is 5.56. The van der Waals surface area contributed by atoms with Crippen LogP contribution in [-0.4, -0.2) is 54.1 Å². The van der Waals surface area contributed by atoms with Crippen LogP contribution in [0, 0.1) is 6.92 Å². The van der Waals surface area contributed by atoms with Crippen LogP contribution in [0.25, 0.3) is 0 Å². The third kappa shape index (κ3) is 3.88. The number of nitrogens with zero attached hydrogens (tertiary/aromatic N) is 4. The summed E-state index contributed by atoms with van der Waals surface area (Å²) >= 11 is 0. The molecule has 1 aliphatic rings. The molecule has 1 fully saturated rings. The van der Waals surface area contributed by atoms with E-state index >= 15 is 0 Å². The Morgan fingerprint density at radius 1 is 1.21 bits per heavy atom. The van der Waals surface area contributed by atoms with Crippen molar-refractivity contribution in [2.24, 2.45) is 5.73 Å². The fourth-order valence-corrected chi connectivity index (χ4v) is 2.47. The van der Waals surface area contributed by atoms with Crippen LogP contribution < -0.4 is 10.6 Å². The van der Waals surface area contributed by atoms with Crippen molar-refractivity contribution in [2.45, 2.75) is 26.7 Å². The van der Waals surface area contributed by atoms with Gasteiger partial charge >= 0.3 is 0 Å². The minimum Gasteiger partial charge on any atom is -0.354 e. The minimum atomic E-state index is 0.783. The zero-order chi connectivity index (χ0) is 13.7. The van der Waals surface area contributed by atoms with Gasteiger partial charge in [0, 0.05) is 37.9 Å². The standard InChI is InChI=1S/C14H25N5/c1-3-13-11-14(17-12(2)16-13)19-9-7-18(8-10-19)6-4-5-15/h11H,3-10,15H2,1-2H3. The normalized spacial score (nSPS) is 16.9. The Bertz CT molecular complexity index is 399. The zero-order valence-electron chi connectivity index (χ0n) is 12.1. The third-order valence-corrected chi connectivity index (χ3v) is 3.61. The Labute approximate surface area is 115 Å². The molecule has 0 radical (unpaired) electrons. The first-order chi connectivity index (χ1) is 9.22. The second-order valence-corrected chi connectivity index (χ2v) is 5.09. The summed E-state index contributed by atoms with van der Waals surface area (Å²) in [7, 11) is 0. The lowest BCUT2D eigenvalue weighted by atomic mass is 10.2. The molecule has 2 N–H and O–H groups in total. The highest BCUT2D eigenvalue weighted by Gasteiger charge is 2.18. The second kappa shape index (κ2) is 6.82. The van der Waals surface area contributed by atoms with Crippen molar-refractivity contribution in [3.63, 3.8) is 0 Å². The van der Waals surface area contributed by atoms with Gasteiger partial charge in [-0.15, -0.1) is 0 Å². The van der Waals surface area contributed by atoms with Gasteiger partial charge in [0.05, 0.1) is 0 Å². The number of piperazine rings is 1. The van der Waals surface area contributed by atoms with Crippen molar-refractivity contribution < 1.29 is 0 Å². The van der Waals surface area contributed by atoms with Crippen LogP contribution >= 0.6 is 0 Å². The Balaban J connectivity index is 1.95. The molecular formula is C14H25N5. The molecule has 0 unspecified atom stereocenters. The number of hydrogen-bond acceptors (Lipinski definition) is 5. The fraction of sp³-hybridized carbons (Fsp3) is 0.714. The van der Waals surface area contributed by atoms with E-state index in [0.29, 0.717) is 0 Å². The van der Waals surface area contributed by atoms with Crippen molar-refractivity contribution in [2.75, 3.05) is 44.2 Å². The smallest absolute Gasteiger partial charge is 0.132 e. The molecule has 5 heteroatoms. The van der Waals surface area contributed by atoms with Crippen LogP contribution in [0.1, 0.15) is 24.9 Å². The molecular weight excluding hydrogens is 238 g/mol. The summed E-state index contributed by atoms with van der Waals surface area (Å²) in [6.07, 6.45) is 2.05. The molecule has 2 rings (SSSR count). The minimum absolute atomic E-state index is 0.783. The van der Waals surface area contributed by atoms with Gasteiger partial charge in [0.2, 0.25) is 0 Å². The zero-order valence-corrected chi connectivity index (χ0v) is 12.1. The lowest BCUT2D eigenvalue weighted by molar-refractivity contribution is 0.256. The Kier molecular flexibility index (Phi) is 5.10. The average Bonchev–Trinajstić information content (AvgIpc) is 2.45. The molecule has 0 aromatic carbocycles. The third-order valence-electron chi connectivity index (χ3n) is 3.61. The summed E-state index contributed by atoms with van der Waals surface area (Å²) < 4.78 is 0. The maximum Gasteiger partial charge on any atom is 0.132 e. The number of nitrogens with two attached hydrogens (primary N) is 1. The van der Waals surface area contributed by atoms with E-state index in [9.17, 15) is 0 Å². The van der Waals surface area contributed by atoms with Crippen molar-refractivity contribution >= 4 is 5.82 Å². The predicted molar refractivity (Wildman–Crippen MR) is 78.5 cm³/mol. The molecule has 0 spiro atoms. The van der Waals surface area contributed by atoms with Gasteiger partial charge in [0.1, 0.15) is 11.6 Å². The quantitative estimate of drug-likeness (QED) is 0.852. The van der Waals surface area contributed by atoms with E-state index in [1.807, 2.05) is 6.92 Å². The van der Waals surface area contributed by atoms with Gasteiger partial charge in [-0.3, -0.25) is 4.90 Å². The highest BCUT2D eigenvalue weighted by atomic mass is 15.3. The van der Waals surface area contributed by atoms with E-state index in [4.69, 9.17) is 5.73 Å². The van der Waals surface area contributed by atoms with Crippen molar-refractivity contribution in [3.05, 3.63) is 17.6 Å². The first-order valence-electron chi connectivity index (χ1n) is 7.25. The molecule has 0 aliphatic carbocycles. The van der Waals surface area contributed by atoms with Crippen molar-refractivity contribution in [1.82, 2.24) is 14.9 Å². The van der Waals surface area contributed by atoms with Crippen LogP contribution in [0.15, 0.2) is 6.07 Å². The fourth-order valence-electron chi connectivity index (χ4n) is 2.47. The first kappa shape index (κ1) is 14.2. The van der Waals surface area contributed by atoms with E-state index in [-0.39, 0.29) is 0 Å². The first-order valence-corrected chi connectivity index (χ1v) is 7.25. The molecule has 106 valence electrons. The van der Waals surface area contributed by atoms with Crippen molar-refractivity contribution in [1.29, 1.82) is 0 Å². The summed E-state index contributed by atoms with van der Waals surface area (Å²) in [5.41, 5.74) is 6.69. The lowest BCUT2D eigenvalue weighted by Gasteiger charge is -2.35. The monoisotopic (exact) mass is 263 g/mol. The van der Waals surface area contributed by atoms with E-state index in [1.165, 1.54) is 0 Å². The SMILES string of the molecule is CCc1cc(N2CCN(CCCN)CC2)nc(C)n1. The largest absolute Gasteiger partial charge is 0.354 e. The molecule has 1 saturated heterocycles. The molecule has 2 heterocycles. The predicted octanol–water partition coefficient (Wildman–Crippen LogP) is 0.818. The molecule has 0 bridgehead atoms. The topological polar surface area (TPSA) is 58.3 Å².